The summed E-state index contributed by atoms with van der Waals surface area (Å²) >= 11 is 0. The van der Waals surface area contributed by atoms with E-state index < -0.39 is 0 Å². The van der Waals surface area contributed by atoms with Crippen LogP contribution in [0.3, 0.4) is 0 Å². The van der Waals surface area contributed by atoms with Gasteiger partial charge in [-0.3, -0.25) is 4.90 Å². The molecule has 6 heteroatoms. The number of anilines is 2. The van der Waals surface area contributed by atoms with E-state index in [-0.39, 0.29) is 0 Å². The van der Waals surface area contributed by atoms with Crippen molar-refractivity contribution < 1.29 is 4.74 Å². The van der Waals surface area contributed by atoms with Crippen molar-refractivity contribution in [2.45, 2.75) is 44.2 Å². The summed E-state index contributed by atoms with van der Waals surface area (Å²) in [5, 5.41) is 3.21. The van der Waals surface area contributed by atoms with Gasteiger partial charge in [0.25, 0.3) is 0 Å². The Morgan fingerprint density at radius 2 is 1.92 bits per heavy atom. The van der Waals surface area contributed by atoms with Gasteiger partial charge in [0.05, 0.1) is 11.7 Å². The van der Waals surface area contributed by atoms with Gasteiger partial charge in [-0.25, -0.2) is 15.0 Å². The van der Waals surface area contributed by atoms with Crippen LogP contribution < -0.4 is 5.32 Å². The van der Waals surface area contributed by atoms with E-state index in [1.165, 1.54) is 12.8 Å². The van der Waals surface area contributed by atoms with Crippen LogP contribution in [0.25, 0.3) is 0 Å². The molecule has 1 N–H and O–H groups in total. The molecule has 2 aliphatic rings. The Morgan fingerprint density at radius 1 is 1.00 bits per heavy atom. The minimum absolute atomic E-state index is 0.379. The fourth-order valence-electron chi connectivity index (χ4n) is 3.90. The molecule has 0 bridgehead atoms. The molecule has 132 valence electrons. The van der Waals surface area contributed by atoms with Crippen LogP contribution in [-0.4, -0.2) is 45.7 Å². The van der Waals surface area contributed by atoms with E-state index >= 15 is 0 Å². The molecule has 2 aliphatic heterocycles. The third-order valence-corrected chi connectivity index (χ3v) is 5.13. The van der Waals surface area contributed by atoms with Crippen LogP contribution in [-0.2, 0) is 4.74 Å². The minimum Gasteiger partial charge on any atom is -0.381 e. The third kappa shape index (κ3) is 3.96. The summed E-state index contributed by atoms with van der Waals surface area (Å²) < 4.78 is 5.55. The highest BCUT2D eigenvalue weighted by Crippen LogP contribution is 2.34. The van der Waals surface area contributed by atoms with Crippen molar-refractivity contribution >= 4 is 11.8 Å². The number of hydrogen-bond donors (Lipinski definition) is 1. The minimum atomic E-state index is 0.379. The topological polar surface area (TPSA) is 63.2 Å². The van der Waals surface area contributed by atoms with Crippen LogP contribution in [0, 0.1) is 0 Å². The Balaban J connectivity index is 1.53. The molecule has 1 unspecified atom stereocenters. The zero-order chi connectivity index (χ0) is 16.9. The van der Waals surface area contributed by atoms with Crippen LogP contribution in [0.2, 0.25) is 0 Å². The summed E-state index contributed by atoms with van der Waals surface area (Å²) in [6.45, 7) is 2.91. The lowest BCUT2D eigenvalue weighted by Crippen LogP contribution is -2.44. The first-order valence-electron chi connectivity index (χ1n) is 9.24. The number of likely N-dealkylation sites (tertiary alicyclic amines) is 1. The molecule has 0 saturated carbocycles. The first-order valence-corrected chi connectivity index (χ1v) is 9.24. The lowest BCUT2D eigenvalue weighted by Gasteiger charge is -2.42. The molecule has 0 aliphatic carbocycles. The SMILES string of the molecule is c1ccc(Nc2nccc(C3CCCCN3C3CCOCC3)n2)nc1. The van der Waals surface area contributed by atoms with Crippen LogP contribution >= 0.6 is 0 Å². The maximum absolute atomic E-state index is 5.55. The number of rotatable bonds is 4. The molecule has 6 nitrogen and oxygen atoms in total. The molecule has 2 aromatic heterocycles. The second kappa shape index (κ2) is 7.89. The second-order valence-corrected chi connectivity index (χ2v) is 6.74. The van der Waals surface area contributed by atoms with E-state index in [9.17, 15) is 0 Å². The van der Waals surface area contributed by atoms with Crippen LogP contribution in [0.1, 0.15) is 43.8 Å². The number of piperidine rings is 1. The van der Waals surface area contributed by atoms with Gasteiger partial charge in [-0.15, -0.1) is 0 Å². The normalized spacial score (nSPS) is 22.6. The summed E-state index contributed by atoms with van der Waals surface area (Å²) in [6, 6.07) is 8.82. The first-order chi connectivity index (χ1) is 12.4. The van der Waals surface area contributed by atoms with E-state index in [1.54, 1.807) is 6.20 Å². The Labute approximate surface area is 148 Å². The van der Waals surface area contributed by atoms with Gasteiger partial charge in [0.1, 0.15) is 5.82 Å². The summed E-state index contributed by atoms with van der Waals surface area (Å²) in [5.74, 6) is 1.39. The van der Waals surface area contributed by atoms with Crippen LogP contribution in [0.5, 0.6) is 0 Å². The molecule has 0 aromatic carbocycles. The maximum atomic E-state index is 5.55. The van der Waals surface area contributed by atoms with Crippen molar-refractivity contribution in [2.75, 3.05) is 25.1 Å². The summed E-state index contributed by atoms with van der Waals surface area (Å²) in [4.78, 5) is 16.1. The Kier molecular flexibility index (Phi) is 5.18. The van der Waals surface area contributed by atoms with Crippen LogP contribution in [0.4, 0.5) is 11.8 Å². The zero-order valence-corrected chi connectivity index (χ0v) is 14.5. The van der Waals surface area contributed by atoms with Crippen molar-refractivity contribution in [1.82, 2.24) is 19.9 Å². The van der Waals surface area contributed by atoms with Crippen molar-refractivity contribution in [1.29, 1.82) is 0 Å². The quantitative estimate of drug-likeness (QED) is 0.922. The largest absolute Gasteiger partial charge is 0.381 e. The van der Waals surface area contributed by atoms with E-state index in [0.29, 0.717) is 18.0 Å². The van der Waals surface area contributed by atoms with E-state index in [0.717, 1.165) is 50.5 Å². The first kappa shape index (κ1) is 16.4. The van der Waals surface area contributed by atoms with Crippen molar-refractivity contribution in [3.05, 3.63) is 42.4 Å². The fraction of sp³-hybridized carbons (Fsp3) is 0.526. The zero-order valence-electron chi connectivity index (χ0n) is 14.5. The van der Waals surface area contributed by atoms with E-state index in [4.69, 9.17) is 9.72 Å². The third-order valence-electron chi connectivity index (χ3n) is 5.13. The van der Waals surface area contributed by atoms with Crippen LogP contribution in [0.15, 0.2) is 36.7 Å². The highest BCUT2D eigenvalue weighted by molar-refractivity contribution is 5.46. The van der Waals surface area contributed by atoms with Crippen molar-refractivity contribution in [3.8, 4) is 0 Å². The van der Waals surface area contributed by atoms with E-state index in [2.05, 4.69) is 26.3 Å². The van der Waals surface area contributed by atoms with Crippen molar-refractivity contribution in [3.63, 3.8) is 0 Å². The summed E-state index contributed by atoms with van der Waals surface area (Å²) in [5.41, 5.74) is 1.11. The second-order valence-electron chi connectivity index (χ2n) is 6.74. The molecule has 2 saturated heterocycles. The van der Waals surface area contributed by atoms with Gasteiger partial charge in [0, 0.05) is 31.6 Å². The summed E-state index contributed by atoms with van der Waals surface area (Å²) in [7, 11) is 0. The number of aromatic nitrogens is 3. The maximum Gasteiger partial charge on any atom is 0.228 e. The highest BCUT2D eigenvalue weighted by atomic mass is 16.5. The molecule has 2 fully saturated rings. The number of nitrogens with zero attached hydrogens (tertiary/aromatic N) is 4. The molecule has 0 amide bonds. The van der Waals surface area contributed by atoms with Gasteiger partial charge in [0.15, 0.2) is 0 Å². The van der Waals surface area contributed by atoms with Crippen molar-refractivity contribution in [2.24, 2.45) is 0 Å². The van der Waals surface area contributed by atoms with Gasteiger partial charge in [0.2, 0.25) is 5.95 Å². The Morgan fingerprint density at radius 3 is 2.76 bits per heavy atom. The Hall–Kier alpha value is -2.05. The highest BCUT2D eigenvalue weighted by Gasteiger charge is 2.31. The standard InChI is InChI=1S/C19H25N5O/c1-3-10-20-18(6-1)23-19-21-11-7-16(22-19)17-5-2-4-12-24(17)15-8-13-25-14-9-15/h1,3,6-7,10-11,15,17H,2,4-5,8-9,12-14H2,(H,20,21,22,23). The molecule has 1 atom stereocenters. The predicted molar refractivity (Wildman–Crippen MR) is 96.7 cm³/mol. The summed E-state index contributed by atoms with van der Waals surface area (Å²) in [6.07, 6.45) is 9.57. The average Bonchev–Trinajstić information content (AvgIpc) is 2.70. The van der Waals surface area contributed by atoms with Gasteiger partial charge in [-0.1, -0.05) is 12.5 Å². The molecule has 25 heavy (non-hydrogen) atoms. The number of pyridine rings is 1. The smallest absolute Gasteiger partial charge is 0.228 e. The number of hydrogen-bond acceptors (Lipinski definition) is 6. The monoisotopic (exact) mass is 339 g/mol. The fourth-order valence-corrected chi connectivity index (χ4v) is 3.90. The van der Waals surface area contributed by atoms with Gasteiger partial charge in [-0.2, -0.15) is 0 Å². The van der Waals surface area contributed by atoms with E-state index in [1.807, 2.05) is 24.4 Å². The van der Waals surface area contributed by atoms with Gasteiger partial charge >= 0.3 is 0 Å². The Bertz CT molecular complexity index is 675. The number of nitrogens with one attached hydrogen (secondary N) is 1. The van der Waals surface area contributed by atoms with Gasteiger partial charge in [-0.05, 0) is 50.4 Å². The molecular formula is C19H25N5O. The molecular weight excluding hydrogens is 314 g/mol. The molecule has 0 spiro atoms. The average molecular weight is 339 g/mol. The molecule has 4 heterocycles. The molecule has 2 aromatic rings. The number of ether oxygens (including phenoxy) is 1. The predicted octanol–water partition coefficient (Wildman–Crippen LogP) is 3.32. The lowest BCUT2D eigenvalue weighted by atomic mass is 9.94. The van der Waals surface area contributed by atoms with Gasteiger partial charge < -0.3 is 10.1 Å². The molecule has 0 radical (unpaired) electrons. The molecule has 4 rings (SSSR count). The lowest BCUT2D eigenvalue weighted by molar-refractivity contribution is 0.00317.